The molecule has 1 unspecified atom stereocenters. The summed E-state index contributed by atoms with van der Waals surface area (Å²) >= 11 is 0. The normalized spacial score (nSPS) is 16.2. The molecule has 1 atom stereocenters. The van der Waals surface area contributed by atoms with Crippen LogP contribution in [0.15, 0.2) is 24.3 Å². The average Bonchev–Trinajstić information content (AvgIpc) is 2.62. The molecule has 1 aromatic rings. The van der Waals surface area contributed by atoms with Crippen molar-refractivity contribution >= 4 is 11.6 Å². The molecule has 0 fully saturated rings. The predicted octanol–water partition coefficient (Wildman–Crippen LogP) is 1.90. The van der Waals surface area contributed by atoms with E-state index in [1.807, 2.05) is 12.1 Å². The smallest absolute Gasteiger partial charge is 0.239 e. The molecular formula is C16H25N3O. The Balaban J connectivity index is 2.00. The van der Waals surface area contributed by atoms with E-state index >= 15 is 0 Å². The SMILES string of the molecule is CCCC(C)NC(=O)CN1CCNCc2ccccc21. The van der Waals surface area contributed by atoms with Gasteiger partial charge in [-0.05, 0) is 25.0 Å². The third-order valence-electron chi connectivity index (χ3n) is 3.67. The van der Waals surface area contributed by atoms with E-state index in [1.165, 1.54) is 11.3 Å². The fourth-order valence-electron chi connectivity index (χ4n) is 2.69. The van der Waals surface area contributed by atoms with Crippen molar-refractivity contribution in [2.45, 2.75) is 39.3 Å². The molecule has 2 rings (SSSR count). The van der Waals surface area contributed by atoms with Crippen LogP contribution in [0.3, 0.4) is 0 Å². The van der Waals surface area contributed by atoms with E-state index in [1.54, 1.807) is 0 Å². The lowest BCUT2D eigenvalue weighted by Gasteiger charge is -2.25. The number of hydrogen-bond donors (Lipinski definition) is 2. The van der Waals surface area contributed by atoms with Gasteiger partial charge in [-0.1, -0.05) is 31.5 Å². The number of hydrogen-bond acceptors (Lipinski definition) is 3. The van der Waals surface area contributed by atoms with E-state index in [9.17, 15) is 4.79 Å². The van der Waals surface area contributed by atoms with Gasteiger partial charge in [0.2, 0.25) is 5.91 Å². The lowest BCUT2D eigenvalue weighted by Crippen LogP contribution is -2.42. The van der Waals surface area contributed by atoms with Crippen molar-refractivity contribution in [2.24, 2.45) is 0 Å². The van der Waals surface area contributed by atoms with Crippen molar-refractivity contribution < 1.29 is 4.79 Å². The van der Waals surface area contributed by atoms with Crippen LogP contribution >= 0.6 is 0 Å². The van der Waals surface area contributed by atoms with Crippen LogP contribution in [0.1, 0.15) is 32.3 Å². The van der Waals surface area contributed by atoms with Gasteiger partial charge in [0.1, 0.15) is 0 Å². The molecule has 0 radical (unpaired) electrons. The first-order valence-corrected chi connectivity index (χ1v) is 7.53. The van der Waals surface area contributed by atoms with Crippen LogP contribution in [0.2, 0.25) is 0 Å². The molecule has 4 nitrogen and oxygen atoms in total. The summed E-state index contributed by atoms with van der Waals surface area (Å²) < 4.78 is 0. The first-order valence-electron chi connectivity index (χ1n) is 7.53. The van der Waals surface area contributed by atoms with Crippen LogP contribution in [0.4, 0.5) is 5.69 Å². The molecule has 110 valence electrons. The van der Waals surface area contributed by atoms with Gasteiger partial charge in [-0.25, -0.2) is 0 Å². The molecule has 0 aliphatic carbocycles. The maximum atomic E-state index is 12.1. The van der Waals surface area contributed by atoms with Gasteiger partial charge < -0.3 is 15.5 Å². The highest BCUT2D eigenvalue weighted by Gasteiger charge is 2.17. The molecule has 1 aliphatic heterocycles. The molecule has 1 heterocycles. The molecule has 2 N–H and O–H groups in total. The Hall–Kier alpha value is -1.55. The van der Waals surface area contributed by atoms with Gasteiger partial charge in [-0.2, -0.15) is 0 Å². The molecule has 1 amide bonds. The van der Waals surface area contributed by atoms with Crippen molar-refractivity contribution in [1.29, 1.82) is 0 Å². The second kappa shape index (κ2) is 7.29. The van der Waals surface area contributed by atoms with Crippen LogP contribution in [0, 0.1) is 0 Å². The van der Waals surface area contributed by atoms with Crippen LogP contribution in [-0.2, 0) is 11.3 Å². The average molecular weight is 275 g/mol. The third kappa shape index (κ3) is 3.97. The highest BCUT2D eigenvalue weighted by atomic mass is 16.2. The zero-order chi connectivity index (χ0) is 14.4. The molecule has 0 spiro atoms. The Kier molecular flexibility index (Phi) is 5.41. The van der Waals surface area contributed by atoms with E-state index in [0.717, 1.165) is 32.5 Å². The van der Waals surface area contributed by atoms with Gasteiger partial charge >= 0.3 is 0 Å². The number of fused-ring (bicyclic) bond motifs is 1. The molecule has 0 bridgehead atoms. The quantitative estimate of drug-likeness (QED) is 0.862. The highest BCUT2D eigenvalue weighted by Crippen LogP contribution is 2.21. The van der Waals surface area contributed by atoms with E-state index in [2.05, 4.69) is 41.5 Å². The number of nitrogens with zero attached hydrogens (tertiary/aromatic N) is 1. The van der Waals surface area contributed by atoms with E-state index in [-0.39, 0.29) is 11.9 Å². The van der Waals surface area contributed by atoms with Crippen molar-refractivity contribution in [1.82, 2.24) is 10.6 Å². The topological polar surface area (TPSA) is 44.4 Å². The van der Waals surface area contributed by atoms with Gasteiger partial charge in [0.25, 0.3) is 0 Å². The van der Waals surface area contributed by atoms with Gasteiger partial charge in [0.15, 0.2) is 0 Å². The molecule has 1 aliphatic rings. The summed E-state index contributed by atoms with van der Waals surface area (Å²) in [6.45, 7) is 7.30. The summed E-state index contributed by atoms with van der Waals surface area (Å²) in [6.07, 6.45) is 2.13. The summed E-state index contributed by atoms with van der Waals surface area (Å²) in [6, 6.07) is 8.57. The lowest BCUT2D eigenvalue weighted by atomic mass is 10.1. The number of benzene rings is 1. The molecule has 0 saturated heterocycles. The molecule has 0 aromatic heterocycles. The van der Waals surface area contributed by atoms with E-state index in [4.69, 9.17) is 0 Å². The number of rotatable bonds is 5. The van der Waals surface area contributed by atoms with Crippen LogP contribution < -0.4 is 15.5 Å². The molecule has 0 saturated carbocycles. The van der Waals surface area contributed by atoms with Crippen molar-refractivity contribution in [2.75, 3.05) is 24.5 Å². The number of nitrogens with one attached hydrogen (secondary N) is 2. The largest absolute Gasteiger partial charge is 0.361 e. The fraction of sp³-hybridized carbons (Fsp3) is 0.562. The number of amides is 1. The van der Waals surface area contributed by atoms with E-state index < -0.39 is 0 Å². The monoisotopic (exact) mass is 275 g/mol. The van der Waals surface area contributed by atoms with Gasteiger partial charge in [0.05, 0.1) is 6.54 Å². The number of para-hydroxylation sites is 1. The minimum atomic E-state index is 0.114. The summed E-state index contributed by atoms with van der Waals surface area (Å²) in [5, 5.41) is 6.47. The zero-order valence-corrected chi connectivity index (χ0v) is 12.5. The zero-order valence-electron chi connectivity index (χ0n) is 12.5. The molecule has 4 heteroatoms. The Labute approximate surface area is 121 Å². The Morgan fingerprint density at radius 1 is 1.45 bits per heavy atom. The van der Waals surface area contributed by atoms with Crippen molar-refractivity contribution in [3.63, 3.8) is 0 Å². The number of carbonyl (C=O) groups is 1. The maximum Gasteiger partial charge on any atom is 0.239 e. The van der Waals surface area contributed by atoms with Crippen LogP contribution in [0.5, 0.6) is 0 Å². The second-order valence-corrected chi connectivity index (χ2v) is 5.48. The van der Waals surface area contributed by atoms with Gasteiger partial charge in [0, 0.05) is 31.4 Å². The highest BCUT2D eigenvalue weighted by molar-refractivity contribution is 5.82. The molecular weight excluding hydrogens is 250 g/mol. The standard InChI is InChI=1S/C16H25N3O/c1-3-6-13(2)18-16(20)12-19-10-9-17-11-14-7-4-5-8-15(14)19/h4-5,7-8,13,17H,3,6,9-12H2,1-2H3,(H,18,20). The lowest BCUT2D eigenvalue weighted by molar-refractivity contribution is -0.120. The summed E-state index contributed by atoms with van der Waals surface area (Å²) in [5.41, 5.74) is 2.44. The third-order valence-corrected chi connectivity index (χ3v) is 3.67. The minimum Gasteiger partial charge on any atom is -0.361 e. The summed E-state index contributed by atoms with van der Waals surface area (Å²) in [7, 11) is 0. The Bertz CT molecular complexity index is 447. The number of carbonyl (C=O) groups excluding carboxylic acids is 1. The first-order chi connectivity index (χ1) is 9.70. The summed E-state index contributed by atoms with van der Waals surface area (Å²) in [4.78, 5) is 14.3. The molecule has 1 aromatic carbocycles. The maximum absolute atomic E-state index is 12.1. The first kappa shape index (κ1) is 14.9. The van der Waals surface area contributed by atoms with Crippen LogP contribution in [-0.4, -0.2) is 31.6 Å². The fourth-order valence-corrected chi connectivity index (χ4v) is 2.69. The van der Waals surface area contributed by atoms with Crippen LogP contribution in [0.25, 0.3) is 0 Å². The number of anilines is 1. The molecule has 20 heavy (non-hydrogen) atoms. The second-order valence-electron chi connectivity index (χ2n) is 5.48. The van der Waals surface area contributed by atoms with Gasteiger partial charge in [-0.15, -0.1) is 0 Å². The van der Waals surface area contributed by atoms with E-state index in [0.29, 0.717) is 6.54 Å². The minimum absolute atomic E-state index is 0.114. The Morgan fingerprint density at radius 3 is 3.05 bits per heavy atom. The van der Waals surface area contributed by atoms with Crippen molar-refractivity contribution in [3.05, 3.63) is 29.8 Å². The Morgan fingerprint density at radius 2 is 2.25 bits per heavy atom. The summed E-state index contributed by atoms with van der Waals surface area (Å²) in [5.74, 6) is 0.114. The van der Waals surface area contributed by atoms with Crippen molar-refractivity contribution in [3.8, 4) is 0 Å². The predicted molar refractivity (Wildman–Crippen MR) is 82.9 cm³/mol. The van der Waals surface area contributed by atoms with Gasteiger partial charge in [-0.3, -0.25) is 4.79 Å².